The predicted octanol–water partition coefficient (Wildman–Crippen LogP) is 3.90. The summed E-state index contributed by atoms with van der Waals surface area (Å²) in [6.07, 6.45) is 3.12. The Labute approximate surface area is 143 Å². The van der Waals surface area contributed by atoms with E-state index in [0.29, 0.717) is 23.2 Å². The van der Waals surface area contributed by atoms with E-state index in [1.165, 1.54) is 6.20 Å². The van der Waals surface area contributed by atoms with E-state index in [1.807, 2.05) is 13.0 Å². The Balaban J connectivity index is 1.69. The van der Waals surface area contributed by atoms with Gasteiger partial charge in [0, 0.05) is 16.9 Å². The van der Waals surface area contributed by atoms with Gasteiger partial charge in [-0.2, -0.15) is 0 Å². The van der Waals surface area contributed by atoms with Crippen molar-refractivity contribution in [2.75, 3.05) is 10.6 Å². The molecule has 0 unspecified atom stereocenters. The van der Waals surface area contributed by atoms with Crippen LogP contribution in [0.2, 0.25) is 5.02 Å². The van der Waals surface area contributed by atoms with E-state index < -0.39 is 0 Å². The molecule has 0 saturated heterocycles. The number of benzene rings is 1. The molecular formula is C17H15ClN4O2. The number of anilines is 2. The molecule has 1 aromatic carbocycles. The van der Waals surface area contributed by atoms with Gasteiger partial charge in [-0.1, -0.05) is 11.6 Å². The molecule has 7 heteroatoms. The fourth-order valence-corrected chi connectivity index (χ4v) is 2.33. The van der Waals surface area contributed by atoms with Crippen LogP contribution in [-0.2, 0) is 6.54 Å². The van der Waals surface area contributed by atoms with Crippen molar-refractivity contribution in [2.24, 2.45) is 0 Å². The first-order valence-electron chi connectivity index (χ1n) is 7.28. The molecule has 0 radical (unpaired) electrons. The van der Waals surface area contributed by atoms with Crippen LogP contribution < -0.4 is 10.6 Å². The summed E-state index contributed by atoms with van der Waals surface area (Å²) < 4.78 is 5.23. The standard InChI is InChI=1S/C17H15ClN4O2/c1-11-9-12(18)4-5-14(11)21-16(23)15-6-7-19-17(22-15)20-10-13-3-2-8-24-13/h2-9H,10H2,1H3,(H,21,23)(H,19,20,22). The van der Waals surface area contributed by atoms with Gasteiger partial charge in [0.05, 0.1) is 12.8 Å². The molecule has 0 fully saturated rings. The number of halogens is 1. The number of nitrogens with zero attached hydrogens (tertiary/aromatic N) is 2. The van der Waals surface area contributed by atoms with Gasteiger partial charge in [0.15, 0.2) is 0 Å². The Morgan fingerprint density at radius 1 is 1.29 bits per heavy atom. The second-order valence-electron chi connectivity index (χ2n) is 5.11. The normalized spacial score (nSPS) is 10.4. The van der Waals surface area contributed by atoms with Crippen LogP contribution in [0.15, 0.2) is 53.3 Å². The number of nitrogens with one attached hydrogen (secondary N) is 2. The van der Waals surface area contributed by atoms with Crippen molar-refractivity contribution in [3.63, 3.8) is 0 Å². The number of hydrogen-bond acceptors (Lipinski definition) is 5. The summed E-state index contributed by atoms with van der Waals surface area (Å²) in [4.78, 5) is 20.7. The molecular weight excluding hydrogens is 328 g/mol. The molecule has 122 valence electrons. The molecule has 0 aliphatic heterocycles. The second-order valence-corrected chi connectivity index (χ2v) is 5.55. The van der Waals surface area contributed by atoms with Crippen molar-refractivity contribution < 1.29 is 9.21 Å². The fraction of sp³-hybridized carbons (Fsp3) is 0.118. The first kappa shape index (κ1) is 16.0. The van der Waals surface area contributed by atoms with Crippen molar-refractivity contribution in [3.05, 3.63) is 70.9 Å². The fourth-order valence-electron chi connectivity index (χ4n) is 2.10. The zero-order valence-electron chi connectivity index (χ0n) is 12.9. The summed E-state index contributed by atoms with van der Waals surface area (Å²) in [5.74, 6) is 0.793. The molecule has 0 bridgehead atoms. The van der Waals surface area contributed by atoms with E-state index >= 15 is 0 Å². The molecule has 0 saturated carbocycles. The monoisotopic (exact) mass is 342 g/mol. The molecule has 0 aliphatic rings. The summed E-state index contributed by atoms with van der Waals surface area (Å²) >= 11 is 5.92. The molecule has 1 amide bonds. The smallest absolute Gasteiger partial charge is 0.274 e. The Bertz CT molecular complexity index is 850. The number of rotatable bonds is 5. The first-order valence-corrected chi connectivity index (χ1v) is 7.66. The highest BCUT2D eigenvalue weighted by Gasteiger charge is 2.11. The van der Waals surface area contributed by atoms with E-state index in [2.05, 4.69) is 20.6 Å². The van der Waals surface area contributed by atoms with Gasteiger partial charge in [-0.15, -0.1) is 0 Å². The molecule has 2 N–H and O–H groups in total. The van der Waals surface area contributed by atoms with E-state index in [4.69, 9.17) is 16.0 Å². The summed E-state index contributed by atoms with van der Waals surface area (Å²) in [6.45, 7) is 2.31. The maximum atomic E-state index is 12.4. The Kier molecular flexibility index (Phi) is 4.77. The summed E-state index contributed by atoms with van der Waals surface area (Å²) in [6, 6.07) is 10.5. The average molecular weight is 343 g/mol. The minimum absolute atomic E-state index is 0.265. The van der Waals surface area contributed by atoms with Crippen LogP contribution in [0.25, 0.3) is 0 Å². The molecule has 2 aromatic heterocycles. The van der Waals surface area contributed by atoms with E-state index in [1.54, 1.807) is 36.6 Å². The third kappa shape index (κ3) is 3.91. The molecule has 3 rings (SSSR count). The number of amides is 1. The van der Waals surface area contributed by atoms with Crippen molar-refractivity contribution in [1.29, 1.82) is 0 Å². The predicted molar refractivity (Wildman–Crippen MR) is 92.2 cm³/mol. The lowest BCUT2D eigenvalue weighted by atomic mass is 10.2. The summed E-state index contributed by atoms with van der Waals surface area (Å²) in [5.41, 5.74) is 1.83. The number of aromatic nitrogens is 2. The number of carbonyl (C=O) groups excluding carboxylic acids is 1. The van der Waals surface area contributed by atoms with Gasteiger partial charge in [0.2, 0.25) is 5.95 Å². The van der Waals surface area contributed by atoms with E-state index in [-0.39, 0.29) is 11.6 Å². The summed E-state index contributed by atoms with van der Waals surface area (Å²) in [5, 5.41) is 6.45. The lowest BCUT2D eigenvalue weighted by Crippen LogP contribution is -2.16. The van der Waals surface area contributed by atoms with Crippen LogP contribution in [-0.4, -0.2) is 15.9 Å². The second kappa shape index (κ2) is 7.14. The van der Waals surface area contributed by atoms with E-state index in [0.717, 1.165) is 11.3 Å². The van der Waals surface area contributed by atoms with Gasteiger partial charge in [0.1, 0.15) is 11.5 Å². The van der Waals surface area contributed by atoms with Gasteiger partial charge in [0.25, 0.3) is 5.91 Å². The zero-order valence-corrected chi connectivity index (χ0v) is 13.7. The number of furan rings is 1. The number of aryl methyl sites for hydroxylation is 1. The van der Waals surface area contributed by atoms with Crippen molar-refractivity contribution >= 4 is 29.1 Å². The van der Waals surface area contributed by atoms with Gasteiger partial charge in [-0.25, -0.2) is 9.97 Å². The largest absolute Gasteiger partial charge is 0.467 e. The van der Waals surface area contributed by atoms with Crippen molar-refractivity contribution in [3.8, 4) is 0 Å². The van der Waals surface area contributed by atoms with Crippen LogP contribution >= 0.6 is 11.6 Å². The maximum absolute atomic E-state index is 12.4. The molecule has 6 nitrogen and oxygen atoms in total. The van der Waals surface area contributed by atoms with Gasteiger partial charge in [-0.05, 0) is 48.9 Å². The van der Waals surface area contributed by atoms with Gasteiger partial charge >= 0.3 is 0 Å². The third-order valence-corrected chi connectivity index (χ3v) is 3.56. The minimum Gasteiger partial charge on any atom is -0.467 e. The highest BCUT2D eigenvalue weighted by molar-refractivity contribution is 6.30. The molecule has 0 aliphatic carbocycles. The molecule has 2 heterocycles. The van der Waals surface area contributed by atoms with Crippen LogP contribution in [0.5, 0.6) is 0 Å². The quantitative estimate of drug-likeness (QED) is 0.735. The van der Waals surface area contributed by atoms with Crippen molar-refractivity contribution in [2.45, 2.75) is 13.5 Å². The topological polar surface area (TPSA) is 80.0 Å². The van der Waals surface area contributed by atoms with Crippen LogP contribution in [0.4, 0.5) is 11.6 Å². The molecule has 3 aromatic rings. The van der Waals surface area contributed by atoms with Crippen molar-refractivity contribution in [1.82, 2.24) is 9.97 Å². The third-order valence-electron chi connectivity index (χ3n) is 3.33. The number of carbonyl (C=O) groups is 1. The first-order chi connectivity index (χ1) is 11.6. The summed E-state index contributed by atoms with van der Waals surface area (Å²) in [7, 11) is 0. The lowest BCUT2D eigenvalue weighted by molar-refractivity contribution is 0.102. The average Bonchev–Trinajstić information content (AvgIpc) is 3.09. The Morgan fingerprint density at radius 3 is 2.92 bits per heavy atom. The lowest BCUT2D eigenvalue weighted by Gasteiger charge is -2.09. The van der Waals surface area contributed by atoms with Crippen LogP contribution in [0.3, 0.4) is 0 Å². The molecule has 0 atom stereocenters. The molecule has 0 spiro atoms. The highest BCUT2D eigenvalue weighted by Crippen LogP contribution is 2.20. The van der Waals surface area contributed by atoms with Crippen LogP contribution in [0, 0.1) is 6.92 Å². The Hall–Kier alpha value is -2.86. The van der Waals surface area contributed by atoms with E-state index in [9.17, 15) is 4.79 Å². The van der Waals surface area contributed by atoms with Gasteiger partial charge < -0.3 is 15.1 Å². The van der Waals surface area contributed by atoms with Crippen LogP contribution in [0.1, 0.15) is 21.8 Å². The Morgan fingerprint density at radius 2 is 2.17 bits per heavy atom. The maximum Gasteiger partial charge on any atom is 0.274 e. The SMILES string of the molecule is Cc1cc(Cl)ccc1NC(=O)c1ccnc(NCc2ccco2)n1. The zero-order chi connectivity index (χ0) is 16.9. The highest BCUT2D eigenvalue weighted by atomic mass is 35.5. The number of hydrogen-bond donors (Lipinski definition) is 2. The van der Waals surface area contributed by atoms with Gasteiger partial charge in [-0.3, -0.25) is 4.79 Å². The molecule has 24 heavy (non-hydrogen) atoms. The minimum atomic E-state index is -0.316.